The molecule has 1 heterocycles. The van der Waals surface area contributed by atoms with Gasteiger partial charge in [-0.15, -0.1) is 0 Å². The molecule has 1 fully saturated rings. The van der Waals surface area contributed by atoms with Crippen LogP contribution in [-0.2, 0) is 9.47 Å². The molecule has 88 valence electrons. The molecule has 0 bridgehead atoms. The number of ether oxygens (including phenoxy) is 2. The average Bonchev–Trinajstić information content (AvgIpc) is 2.15. The van der Waals surface area contributed by atoms with Crippen molar-refractivity contribution in [3.8, 4) is 0 Å². The second-order valence-corrected chi connectivity index (χ2v) is 4.62. The molecular formula is C10H20N2O3. The molecule has 0 aliphatic carbocycles. The fraction of sp³-hybridized carbons (Fsp3) is 0.900. The van der Waals surface area contributed by atoms with E-state index in [-0.39, 0.29) is 12.3 Å². The Morgan fingerprint density at radius 3 is 2.67 bits per heavy atom. The third-order valence-electron chi connectivity index (χ3n) is 2.02. The number of amides is 1. The van der Waals surface area contributed by atoms with Crippen LogP contribution in [0.4, 0.5) is 4.79 Å². The van der Waals surface area contributed by atoms with Gasteiger partial charge in [-0.2, -0.15) is 0 Å². The summed E-state index contributed by atoms with van der Waals surface area (Å²) in [7, 11) is 1.69. The van der Waals surface area contributed by atoms with Crippen molar-refractivity contribution >= 4 is 6.09 Å². The van der Waals surface area contributed by atoms with Crippen molar-refractivity contribution in [2.24, 2.45) is 0 Å². The predicted octanol–water partition coefficient (Wildman–Crippen LogP) is 0.799. The molecule has 1 aliphatic heterocycles. The van der Waals surface area contributed by atoms with Crippen LogP contribution in [0.25, 0.3) is 0 Å². The molecule has 1 N–H and O–H groups in total. The Balaban J connectivity index is 2.44. The molecule has 5 nitrogen and oxygen atoms in total. The summed E-state index contributed by atoms with van der Waals surface area (Å²) in [5.41, 5.74) is -0.465. The molecular weight excluding hydrogens is 196 g/mol. The molecule has 15 heavy (non-hydrogen) atoms. The zero-order chi connectivity index (χ0) is 11.5. The molecule has 1 amide bonds. The fourth-order valence-corrected chi connectivity index (χ4v) is 1.25. The van der Waals surface area contributed by atoms with Gasteiger partial charge in [0.1, 0.15) is 11.8 Å². The summed E-state index contributed by atoms with van der Waals surface area (Å²) in [4.78, 5) is 13.1. The number of hydrogen-bond acceptors (Lipinski definition) is 4. The van der Waals surface area contributed by atoms with Gasteiger partial charge in [-0.3, -0.25) is 4.90 Å². The zero-order valence-electron chi connectivity index (χ0n) is 9.87. The maximum atomic E-state index is 11.7. The lowest BCUT2D eigenvalue weighted by Crippen LogP contribution is -2.50. The summed E-state index contributed by atoms with van der Waals surface area (Å²) in [6.45, 7) is 7.64. The third-order valence-corrected chi connectivity index (χ3v) is 2.02. The standard InChI is InChI=1S/C10H20N2O3/c1-10(2,3)15-9(13)12(4)8-7-11-5-6-14-8/h8,11H,5-7H2,1-4H3. The zero-order valence-corrected chi connectivity index (χ0v) is 9.87. The quantitative estimate of drug-likeness (QED) is 0.704. The minimum absolute atomic E-state index is 0.228. The molecule has 5 heteroatoms. The number of nitrogens with one attached hydrogen (secondary N) is 1. The van der Waals surface area contributed by atoms with Gasteiger partial charge in [0.05, 0.1) is 6.61 Å². The van der Waals surface area contributed by atoms with E-state index in [1.807, 2.05) is 20.8 Å². The maximum absolute atomic E-state index is 11.7. The molecule has 1 atom stereocenters. The lowest BCUT2D eigenvalue weighted by molar-refractivity contribution is -0.0699. The van der Waals surface area contributed by atoms with Gasteiger partial charge in [-0.1, -0.05) is 0 Å². The highest BCUT2D eigenvalue weighted by Gasteiger charge is 2.26. The van der Waals surface area contributed by atoms with E-state index in [9.17, 15) is 4.79 Å². The smallest absolute Gasteiger partial charge is 0.412 e. The van der Waals surface area contributed by atoms with E-state index in [0.29, 0.717) is 13.2 Å². The van der Waals surface area contributed by atoms with Crippen molar-refractivity contribution < 1.29 is 14.3 Å². The second kappa shape index (κ2) is 4.81. The van der Waals surface area contributed by atoms with Crippen molar-refractivity contribution in [1.29, 1.82) is 0 Å². The van der Waals surface area contributed by atoms with Crippen LogP contribution in [-0.4, -0.2) is 49.6 Å². The van der Waals surface area contributed by atoms with E-state index < -0.39 is 5.60 Å². The average molecular weight is 216 g/mol. The van der Waals surface area contributed by atoms with Crippen LogP contribution in [0.5, 0.6) is 0 Å². The summed E-state index contributed by atoms with van der Waals surface area (Å²) in [5, 5.41) is 3.16. The predicted molar refractivity (Wildman–Crippen MR) is 56.6 cm³/mol. The highest BCUT2D eigenvalue weighted by Crippen LogP contribution is 2.11. The minimum Gasteiger partial charge on any atom is -0.444 e. The number of carbonyl (C=O) groups is 1. The van der Waals surface area contributed by atoms with E-state index in [0.717, 1.165) is 6.54 Å². The molecule has 0 saturated carbocycles. The molecule has 1 unspecified atom stereocenters. The first-order valence-corrected chi connectivity index (χ1v) is 5.18. The summed E-state index contributed by atoms with van der Waals surface area (Å²) >= 11 is 0. The van der Waals surface area contributed by atoms with Crippen LogP contribution in [0.15, 0.2) is 0 Å². The number of rotatable bonds is 1. The first kappa shape index (κ1) is 12.3. The molecule has 1 aliphatic rings. The summed E-state index contributed by atoms with van der Waals surface area (Å²) in [6.07, 6.45) is -0.579. The van der Waals surface area contributed by atoms with Gasteiger partial charge in [0, 0.05) is 20.1 Å². The first-order chi connectivity index (χ1) is 6.90. The Morgan fingerprint density at radius 2 is 2.20 bits per heavy atom. The lowest BCUT2D eigenvalue weighted by Gasteiger charge is -2.33. The Morgan fingerprint density at radius 1 is 1.53 bits per heavy atom. The van der Waals surface area contributed by atoms with Crippen molar-refractivity contribution in [1.82, 2.24) is 10.2 Å². The monoisotopic (exact) mass is 216 g/mol. The summed E-state index contributed by atoms with van der Waals surface area (Å²) in [6, 6.07) is 0. The van der Waals surface area contributed by atoms with Crippen molar-refractivity contribution in [2.45, 2.75) is 32.6 Å². The van der Waals surface area contributed by atoms with E-state index in [2.05, 4.69) is 5.32 Å². The third kappa shape index (κ3) is 4.05. The van der Waals surface area contributed by atoms with Crippen LogP contribution in [0.2, 0.25) is 0 Å². The van der Waals surface area contributed by atoms with Crippen molar-refractivity contribution in [3.63, 3.8) is 0 Å². The highest BCUT2D eigenvalue weighted by molar-refractivity contribution is 5.68. The number of morpholine rings is 1. The number of nitrogens with zero attached hydrogens (tertiary/aromatic N) is 1. The fourth-order valence-electron chi connectivity index (χ4n) is 1.25. The van der Waals surface area contributed by atoms with E-state index in [1.165, 1.54) is 4.90 Å². The van der Waals surface area contributed by atoms with Crippen LogP contribution >= 0.6 is 0 Å². The molecule has 1 rings (SSSR count). The molecule has 0 spiro atoms. The molecule has 0 aromatic heterocycles. The van der Waals surface area contributed by atoms with Crippen LogP contribution in [0.1, 0.15) is 20.8 Å². The van der Waals surface area contributed by atoms with E-state index >= 15 is 0 Å². The number of likely N-dealkylation sites (N-methyl/N-ethyl adjacent to an activating group) is 1. The van der Waals surface area contributed by atoms with Gasteiger partial charge >= 0.3 is 6.09 Å². The molecule has 0 aromatic rings. The normalized spacial score (nSPS) is 22.3. The van der Waals surface area contributed by atoms with Gasteiger partial charge in [0.25, 0.3) is 0 Å². The number of carbonyl (C=O) groups excluding carboxylic acids is 1. The maximum Gasteiger partial charge on any atom is 0.412 e. The largest absolute Gasteiger partial charge is 0.444 e. The van der Waals surface area contributed by atoms with Gasteiger partial charge < -0.3 is 14.8 Å². The first-order valence-electron chi connectivity index (χ1n) is 5.18. The van der Waals surface area contributed by atoms with E-state index in [4.69, 9.17) is 9.47 Å². The van der Waals surface area contributed by atoms with Crippen LogP contribution in [0, 0.1) is 0 Å². The van der Waals surface area contributed by atoms with Crippen molar-refractivity contribution in [3.05, 3.63) is 0 Å². The Kier molecular flexibility index (Phi) is 3.93. The van der Waals surface area contributed by atoms with Crippen LogP contribution in [0.3, 0.4) is 0 Å². The Bertz CT molecular complexity index is 219. The minimum atomic E-state index is -0.465. The Labute approximate surface area is 90.7 Å². The van der Waals surface area contributed by atoms with Gasteiger partial charge in [-0.05, 0) is 20.8 Å². The topological polar surface area (TPSA) is 50.8 Å². The van der Waals surface area contributed by atoms with Gasteiger partial charge in [0.2, 0.25) is 0 Å². The second-order valence-electron chi connectivity index (χ2n) is 4.62. The SMILES string of the molecule is CN(C(=O)OC(C)(C)C)C1CNCCO1. The van der Waals surface area contributed by atoms with Crippen molar-refractivity contribution in [2.75, 3.05) is 26.7 Å². The lowest BCUT2D eigenvalue weighted by atomic mass is 10.2. The Hall–Kier alpha value is -0.810. The van der Waals surface area contributed by atoms with E-state index in [1.54, 1.807) is 7.05 Å². The van der Waals surface area contributed by atoms with Crippen LogP contribution < -0.4 is 5.32 Å². The molecule has 0 radical (unpaired) electrons. The molecule has 1 saturated heterocycles. The summed E-state index contributed by atoms with van der Waals surface area (Å²) < 4.78 is 10.7. The number of hydrogen-bond donors (Lipinski definition) is 1. The van der Waals surface area contributed by atoms with Gasteiger partial charge in [0.15, 0.2) is 0 Å². The van der Waals surface area contributed by atoms with Gasteiger partial charge in [-0.25, -0.2) is 4.79 Å². The highest BCUT2D eigenvalue weighted by atomic mass is 16.6. The molecule has 0 aromatic carbocycles. The summed E-state index contributed by atoms with van der Waals surface area (Å²) in [5.74, 6) is 0.